The van der Waals surface area contributed by atoms with Crippen LogP contribution in [-0.2, 0) is 4.74 Å². The first kappa shape index (κ1) is 14.7. The average molecular weight is 283 g/mol. The standard InChI is InChI=1S/C14H18FNO4/c1-13(2)8-12(14(3,4)20-13)19-9-5-6-11(16(17)18)10(15)7-9/h5-7,12H,8H2,1-4H3. The third kappa shape index (κ3) is 2.90. The highest BCUT2D eigenvalue weighted by atomic mass is 19.1. The first-order chi connectivity index (χ1) is 9.11. The van der Waals surface area contributed by atoms with E-state index in [1.165, 1.54) is 6.07 Å². The highest BCUT2D eigenvalue weighted by Crippen LogP contribution is 2.39. The molecule has 0 bridgehead atoms. The fourth-order valence-corrected chi connectivity index (χ4v) is 2.57. The van der Waals surface area contributed by atoms with Gasteiger partial charge in [0.05, 0.1) is 10.5 Å². The minimum atomic E-state index is -0.900. The number of nitrogens with zero attached hydrogens (tertiary/aromatic N) is 1. The molecular formula is C14H18FNO4. The lowest BCUT2D eigenvalue weighted by Crippen LogP contribution is -2.36. The van der Waals surface area contributed by atoms with E-state index in [0.717, 1.165) is 12.1 Å². The van der Waals surface area contributed by atoms with Gasteiger partial charge in [0, 0.05) is 18.6 Å². The Morgan fingerprint density at radius 2 is 2.05 bits per heavy atom. The predicted molar refractivity (Wildman–Crippen MR) is 71.3 cm³/mol. The summed E-state index contributed by atoms with van der Waals surface area (Å²) in [6.45, 7) is 7.76. The number of ether oxygens (including phenoxy) is 2. The molecule has 5 nitrogen and oxygen atoms in total. The molecule has 0 N–H and O–H groups in total. The van der Waals surface area contributed by atoms with Crippen LogP contribution in [-0.4, -0.2) is 22.2 Å². The Morgan fingerprint density at radius 3 is 2.50 bits per heavy atom. The fraction of sp³-hybridized carbons (Fsp3) is 0.571. The molecule has 0 aromatic heterocycles. The maximum Gasteiger partial charge on any atom is 0.305 e. The Hall–Kier alpha value is -1.69. The number of nitro groups is 1. The van der Waals surface area contributed by atoms with Crippen molar-refractivity contribution in [1.82, 2.24) is 0 Å². The summed E-state index contributed by atoms with van der Waals surface area (Å²) in [4.78, 5) is 9.81. The summed E-state index contributed by atoms with van der Waals surface area (Å²) < 4.78 is 25.2. The van der Waals surface area contributed by atoms with Gasteiger partial charge in [0.15, 0.2) is 0 Å². The molecule has 1 aromatic rings. The van der Waals surface area contributed by atoms with E-state index in [4.69, 9.17) is 9.47 Å². The predicted octanol–water partition coefficient (Wildman–Crippen LogP) is 3.46. The van der Waals surface area contributed by atoms with Crippen molar-refractivity contribution in [2.24, 2.45) is 0 Å². The maximum absolute atomic E-state index is 13.6. The Morgan fingerprint density at radius 1 is 1.40 bits per heavy atom. The van der Waals surface area contributed by atoms with Crippen molar-refractivity contribution in [3.8, 4) is 5.75 Å². The first-order valence-corrected chi connectivity index (χ1v) is 6.41. The van der Waals surface area contributed by atoms with Crippen LogP contribution in [0.3, 0.4) is 0 Å². The van der Waals surface area contributed by atoms with E-state index >= 15 is 0 Å². The lowest BCUT2D eigenvalue weighted by atomic mass is 9.97. The van der Waals surface area contributed by atoms with E-state index in [9.17, 15) is 14.5 Å². The van der Waals surface area contributed by atoms with E-state index in [-0.39, 0.29) is 17.5 Å². The summed E-state index contributed by atoms with van der Waals surface area (Å²) in [5.41, 5.74) is -1.37. The van der Waals surface area contributed by atoms with E-state index in [1.54, 1.807) is 0 Å². The van der Waals surface area contributed by atoms with Gasteiger partial charge in [0.1, 0.15) is 17.5 Å². The summed E-state index contributed by atoms with van der Waals surface area (Å²) >= 11 is 0. The zero-order valence-corrected chi connectivity index (χ0v) is 12.0. The second-order valence-electron chi connectivity index (χ2n) is 6.15. The Bertz CT molecular complexity index is 542. The van der Waals surface area contributed by atoms with E-state index in [1.807, 2.05) is 27.7 Å². The van der Waals surface area contributed by atoms with Gasteiger partial charge in [-0.1, -0.05) is 0 Å². The molecule has 6 heteroatoms. The molecule has 1 atom stereocenters. The van der Waals surface area contributed by atoms with Crippen LogP contribution in [0.25, 0.3) is 0 Å². The second kappa shape index (κ2) is 4.70. The quantitative estimate of drug-likeness (QED) is 0.629. The number of hydrogen-bond acceptors (Lipinski definition) is 4. The van der Waals surface area contributed by atoms with Crippen molar-refractivity contribution in [3.63, 3.8) is 0 Å². The van der Waals surface area contributed by atoms with Gasteiger partial charge in [-0.3, -0.25) is 10.1 Å². The van der Waals surface area contributed by atoms with Gasteiger partial charge in [-0.25, -0.2) is 0 Å². The minimum absolute atomic E-state index is 0.238. The van der Waals surface area contributed by atoms with Gasteiger partial charge >= 0.3 is 5.69 Å². The van der Waals surface area contributed by atoms with Gasteiger partial charge in [0.25, 0.3) is 0 Å². The summed E-state index contributed by atoms with van der Waals surface area (Å²) in [5, 5.41) is 10.6. The van der Waals surface area contributed by atoms with Crippen molar-refractivity contribution >= 4 is 5.69 Å². The van der Waals surface area contributed by atoms with Crippen LogP contribution in [0, 0.1) is 15.9 Å². The van der Waals surface area contributed by atoms with Crippen molar-refractivity contribution < 1.29 is 18.8 Å². The molecule has 0 aliphatic carbocycles. The molecule has 20 heavy (non-hydrogen) atoms. The maximum atomic E-state index is 13.6. The highest BCUT2D eigenvalue weighted by molar-refractivity contribution is 5.38. The zero-order chi connectivity index (χ0) is 15.1. The summed E-state index contributed by atoms with van der Waals surface area (Å²) in [6.07, 6.45) is 0.428. The van der Waals surface area contributed by atoms with Gasteiger partial charge < -0.3 is 9.47 Å². The van der Waals surface area contributed by atoms with Crippen LogP contribution in [0.15, 0.2) is 18.2 Å². The molecular weight excluding hydrogens is 265 g/mol. The lowest BCUT2D eigenvalue weighted by Gasteiger charge is -2.27. The summed E-state index contributed by atoms with van der Waals surface area (Å²) in [6, 6.07) is 3.56. The molecule has 110 valence electrons. The molecule has 1 saturated heterocycles. The van der Waals surface area contributed by atoms with Crippen LogP contribution in [0.5, 0.6) is 5.75 Å². The largest absolute Gasteiger partial charge is 0.487 e. The zero-order valence-electron chi connectivity index (χ0n) is 12.0. The summed E-state index contributed by atoms with van der Waals surface area (Å²) in [5.74, 6) is -0.629. The van der Waals surface area contributed by atoms with Gasteiger partial charge in [-0.2, -0.15) is 4.39 Å². The topological polar surface area (TPSA) is 61.6 Å². The van der Waals surface area contributed by atoms with E-state index in [2.05, 4.69) is 0 Å². The molecule has 0 radical (unpaired) electrons. The number of nitro benzene ring substituents is 1. The first-order valence-electron chi connectivity index (χ1n) is 6.41. The third-order valence-electron chi connectivity index (χ3n) is 3.39. The monoisotopic (exact) mass is 283 g/mol. The third-order valence-corrected chi connectivity index (χ3v) is 3.39. The molecule has 2 rings (SSSR count). The van der Waals surface area contributed by atoms with Crippen molar-refractivity contribution in [3.05, 3.63) is 34.1 Å². The molecule has 1 aliphatic rings. The number of benzene rings is 1. The molecule has 1 aromatic carbocycles. The number of rotatable bonds is 3. The second-order valence-corrected chi connectivity index (χ2v) is 6.15. The number of halogens is 1. The Labute approximate surface area is 116 Å². The van der Waals surface area contributed by atoms with Gasteiger partial charge in [-0.15, -0.1) is 0 Å². The van der Waals surface area contributed by atoms with Crippen LogP contribution < -0.4 is 4.74 Å². The molecule has 1 fully saturated rings. The minimum Gasteiger partial charge on any atom is -0.487 e. The van der Waals surface area contributed by atoms with Gasteiger partial charge in [0.2, 0.25) is 5.82 Å². The van der Waals surface area contributed by atoms with Crippen LogP contribution in [0.1, 0.15) is 34.1 Å². The lowest BCUT2D eigenvalue weighted by molar-refractivity contribution is -0.387. The fourth-order valence-electron chi connectivity index (χ4n) is 2.57. The molecule has 1 unspecified atom stereocenters. The highest BCUT2D eigenvalue weighted by Gasteiger charge is 2.47. The molecule has 0 amide bonds. The van der Waals surface area contributed by atoms with E-state index in [0.29, 0.717) is 6.42 Å². The average Bonchev–Trinajstić information content (AvgIpc) is 2.45. The van der Waals surface area contributed by atoms with Crippen molar-refractivity contribution in [2.75, 3.05) is 0 Å². The SMILES string of the molecule is CC1(C)CC(Oc2ccc([N+](=O)[O-])c(F)c2)C(C)(C)O1. The van der Waals surface area contributed by atoms with Crippen LogP contribution in [0.4, 0.5) is 10.1 Å². The van der Waals surface area contributed by atoms with Crippen LogP contribution >= 0.6 is 0 Å². The Kier molecular flexibility index (Phi) is 3.46. The number of hydrogen-bond donors (Lipinski definition) is 0. The normalized spacial score (nSPS) is 23.6. The summed E-state index contributed by atoms with van der Waals surface area (Å²) in [7, 11) is 0. The van der Waals surface area contributed by atoms with Crippen molar-refractivity contribution in [1.29, 1.82) is 0 Å². The molecule has 1 heterocycles. The molecule has 0 saturated carbocycles. The van der Waals surface area contributed by atoms with E-state index < -0.39 is 22.0 Å². The van der Waals surface area contributed by atoms with Crippen molar-refractivity contribution in [2.45, 2.75) is 51.4 Å². The smallest absolute Gasteiger partial charge is 0.305 e. The molecule has 0 spiro atoms. The van der Waals surface area contributed by atoms with Crippen LogP contribution in [0.2, 0.25) is 0 Å². The Balaban J connectivity index is 2.19. The molecule has 1 aliphatic heterocycles. The van der Waals surface area contributed by atoms with Gasteiger partial charge in [-0.05, 0) is 33.8 Å².